The molecule has 0 aliphatic rings. The standard InChI is InChI=1S/C12H16N4/c1-8(2)6-16-11-9(13)7-15-10-4-3-5-14-12(10)11/h3-5,7-8H,6,13H2,1-2H3,(H,15,16). The monoisotopic (exact) mass is 216 g/mol. The minimum atomic E-state index is 0.561. The molecule has 16 heavy (non-hydrogen) atoms. The lowest BCUT2D eigenvalue weighted by molar-refractivity contribution is 0.689. The lowest BCUT2D eigenvalue weighted by atomic mass is 10.2. The van der Waals surface area contributed by atoms with Crippen LogP contribution in [0.3, 0.4) is 0 Å². The Morgan fingerprint density at radius 3 is 2.94 bits per heavy atom. The SMILES string of the molecule is CC(C)CNc1c(N)cnc2cccnc12. The van der Waals surface area contributed by atoms with Gasteiger partial charge in [0.05, 0.1) is 23.1 Å². The Kier molecular flexibility index (Phi) is 2.90. The molecule has 0 atom stereocenters. The van der Waals surface area contributed by atoms with Gasteiger partial charge in [0.2, 0.25) is 0 Å². The van der Waals surface area contributed by atoms with E-state index in [1.165, 1.54) is 0 Å². The number of hydrogen-bond donors (Lipinski definition) is 2. The molecule has 2 rings (SSSR count). The molecule has 0 unspecified atom stereocenters. The van der Waals surface area contributed by atoms with Gasteiger partial charge in [0.1, 0.15) is 5.52 Å². The normalized spacial score (nSPS) is 10.9. The van der Waals surface area contributed by atoms with Crippen molar-refractivity contribution in [3.8, 4) is 0 Å². The van der Waals surface area contributed by atoms with E-state index in [0.717, 1.165) is 23.3 Å². The maximum atomic E-state index is 5.91. The summed E-state index contributed by atoms with van der Waals surface area (Å²) < 4.78 is 0. The fourth-order valence-corrected chi connectivity index (χ4v) is 1.53. The van der Waals surface area contributed by atoms with E-state index in [9.17, 15) is 0 Å². The maximum Gasteiger partial charge on any atom is 0.114 e. The molecule has 0 saturated carbocycles. The predicted octanol–water partition coefficient (Wildman–Crippen LogP) is 2.28. The first-order valence-corrected chi connectivity index (χ1v) is 5.41. The molecule has 4 heteroatoms. The van der Waals surface area contributed by atoms with Crippen LogP contribution in [0.1, 0.15) is 13.8 Å². The Morgan fingerprint density at radius 2 is 2.19 bits per heavy atom. The number of hydrogen-bond acceptors (Lipinski definition) is 4. The van der Waals surface area contributed by atoms with Crippen LogP contribution in [0.25, 0.3) is 11.0 Å². The Labute approximate surface area is 94.9 Å². The van der Waals surface area contributed by atoms with E-state index in [1.807, 2.05) is 12.1 Å². The Balaban J connectivity index is 2.44. The average molecular weight is 216 g/mol. The van der Waals surface area contributed by atoms with Crippen molar-refractivity contribution in [1.82, 2.24) is 9.97 Å². The number of nitrogens with zero attached hydrogens (tertiary/aromatic N) is 2. The van der Waals surface area contributed by atoms with Crippen molar-refractivity contribution in [3.63, 3.8) is 0 Å². The summed E-state index contributed by atoms with van der Waals surface area (Å²) >= 11 is 0. The van der Waals surface area contributed by atoms with Gasteiger partial charge < -0.3 is 11.1 Å². The molecule has 4 nitrogen and oxygen atoms in total. The summed E-state index contributed by atoms with van der Waals surface area (Å²) in [7, 11) is 0. The number of pyridine rings is 2. The summed E-state index contributed by atoms with van der Waals surface area (Å²) in [4.78, 5) is 8.56. The second-order valence-corrected chi connectivity index (χ2v) is 4.23. The van der Waals surface area contributed by atoms with Crippen molar-refractivity contribution in [2.45, 2.75) is 13.8 Å². The molecule has 0 spiro atoms. The van der Waals surface area contributed by atoms with Gasteiger partial charge >= 0.3 is 0 Å². The molecule has 3 N–H and O–H groups in total. The minimum Gasteiger partial charge on any atom is -0.396 e. The molecule has 0 bridgehead atoms. The van der Waals surface area contributed by atoms with E-state index in [1.54, 1.807) is 12.4 Å². The van der Waals surface area contributed by atoms with Crippen LogP contribution < -0.4 is 11.1 Å². The summed E-state index contributed by atoms with van der Waals surface area (Å²) in [6, 6.07) is 3.81. The van der Waals surface area contributed by atoms with Gasteiger partial charge in [0.25, 0.3) is 0 Å². The molecule has 2 aromatic heterocycles. The third-order valence-corrected chi connectivity index (χ3v) is 2.34. The molecule has 0 aliphatic heterocycles. The number of aromatic nitrogens is 2. The van der Waals surface area contributed by atoms with Crippen molar-refractivity contribution >= 4 is 22.4 Å². The van der Waals surface area contributed by atoms with Gasteiger partial charge in [-0.25, -0.2) is 0 Å². The Morgan fingerprint density at radius 1 is 1.38 bits per heavy atom. The fourth-order valence-electron chi connectivity index (χ4n) is 1.53. The van der Waals surface area contributed by atoms with Gasteiger partial charge in [-0.05, 0) is 18.1 Å². The third-order valence-electron chi connectivity index (χ3n) is 2.34. The van der Waals surface area contributed by atoms with Gasteiger partial charge in [0, 0.05) is 12.7 Å². The summed E-state index contributed by atoms with van der Waals surface area (Å²) in [5, 5.41) is 3.33. The van der Waals surface area contributed by atoms with Crippen LogP contribution in [0.5, 0.6) is 0 Å². The number of anilines is 2. The van der Waals surface area contributed by atoms with Gasteiger partial charge in [-0.1, -0.05) is 13.8 Å². The molecular weight excluding hydrogens is 200 g/mol. The van der Waals surface area contributed by atoms with Crippen LogP contribution in [-0.2, 0) is 0 Å². The molecule has 84 valence electrons. The van der Waals surface area contributed by atoms with Crippen LogP contribution >= 0.6 is 0 Å². The van der Waals surface area contributed by atoms with E-state index in [2.05, 4.69) is 29.1 Å². The highest BCUT2D eigenvalue weighted by atomic mass is 14.9. The summed E-state index contributed by atoms with van der Waals surface area (Å²) in [6.07, 6.45) is 3.43. The predicted molar refractivity (Wildman–Crippen MR) is 67.3 cm³/mol. The maximum absolute atomic E-state index is 5.91. The molecule has 2 aromatic rings. The first kappa shape index (κ1) is 10.7. The number of rotatable bonds is 3. The zero-order valence-corrected chi connectivity index (χ0v) is 9.57. The average Bonchev–Trinajstić information content (AvgIpc) is 2.27. The van der Waals surface area contributed by atoms with Gasteiger partial charge in [-0.15, -0.1) is 0 Å². The quantitative estimate of drug-likeness (QED) is 0.826. The van der Waals surface area contributed by atoms with Crippen LogP contribution in [0, 0.1) is 5.92 Å². The highest BCUT2D eigenvalue weighted by molar-refractivity contribution is 5.93. The molecule has 0 aromatic carbocycles. The molecule has 0 saturated heterocycles. The van der Waals surface area contributed by atoms with E-state index in [4.69, 9.17) is 5.73 Å². The van der Waals surface area contributed by atoms with Crippen LogP contribution in [-0.4, -0.2) is 16.5 Å². The molecule has 0 aliphatic carbocycles. The summed E-state index contributed by atoms with van der Waals surface area (Å²) in [6.45, 7) is 5.18. The van der Waals surface area contributed by atoms with Crippen LogP contribution in [0.2, 0.25) is 0 Å². The first-order chi connectivity index (χ1) is 7.68. The van der Waals surface area contributed by atoms with E-state index in [-0.39, 0.29) is 0 Å². The molecule has 0 fully saturated rings. The van der Waals surface area contributed by atoms with Crippen molar-refractivity contribution in [1.29, 1.82) is 0 Å². The van der Waals surface area contributed by atoms with Crippen molar-refractivity contribution in [3.05, 3.63) is 24.5 Å². The number of nitrogen functional groups attached to an aromatic ring is 1. The van der Waals surface area contributed by atoms with E-state index < -0.39 is 0 Å². The van der Waals surface area contributed by atoms with E-state index >= 15 is 0 Å². The van der Waals surface area contributed by atoms with Crippen molar-refractivity contribution in [2.75, 3.05) is 17.6 Å². The highest BCUT2D eigenvalue weighted by Gasteiger charge is 2.07. The molecular formula is C12H16N4. The Hall–Kier alpha value is -1.84. The highest BCUT2D eigenvalue weighted by Crippen LogP contribution is 2.25. The lowest BCUT2D eigenvalue weighted by Gasteiger charge is -2.12. The zero-order chi connectivity index (χ0) is 11.5. The third kappa shape index (κ3) is 2.05. The van der Waals surface area contributed by atoms with Gasteiger partial charge in [-0.2, -0.15) is 0 Å². The van der Waals surface area contributed by atoms with Crippen LogP contribution in [0.15, 0.2) is 24.5 Å². The number of fused-ring (bicyclic) bond motifs is 1. The fraction of sp³-hybridized carbons (Fsp3) is 0.333. The number of nitrogens with one attached hydrogen (secondary N) is 1. The smallest absolute Gasteiger partial charge is 0.114 e. The minimum absolute atomic E-state index is 0.561. The molecule has 2 heterocycles. The van der Waals surface area contributed by atoms with Gasteiger partial charge in [0.15, 0.2) is 0 Å². The Bertz CT molecular complexity index is 493. The summed E-state index contributed by atoms with van der Waals surface area (Å²) in [5.41, 5.74) is 9.14. The molecule has 0 radical (unpaired) electrons. The second kappa shape index (κ2) is 4.35. The van der Waals surface area contributed by atoms with Gasteiger partial charge in [-0.3, -0.25) is 9.97 Å². The van der Waals surface area contributed by atoms with E-state index in [0.29, 0.717) is 11.6 Å². The van der Waals surface area contributed by atoms with Crippen molar-refractivity contribution < 1.29 is 0 Å². The second-order valence-electron chi connectivity index (χ2n) is 4.23. The summed E-state index contributed by atoms with van der Waals surface area (Å²) in [5.74, 6) is 0.561. The first-order valence-electron chi connectivity index (χ1n) is 5.41. The zero-order valence-electron chi connectivity index (χ0n) is 9.57. The molecule has 0 amide bonds. The van der Waals surface area contributed by atoms with Crippen molar-refractivity contribution in [2.24, 2.45) is 5.92 Å². The van der Waals surface area contributed by atoms with Crippen LogP contribution in [0.4, 0.5) is 11.4 Å². The largest absolute Gasteiger partial charge is 0.396 e. The topological polar surface area (TPSA) is 63.8 Å². The number of nitrogens with two attached hydrogens (primary N) is 1. The lowest BCUT2D eigenvalue weighted by Crippen LogP contribution is -2.10.